The van der Waals surface area contributed by atoms with Crippen molar-refractivity contribution in [3.63, 3.8) is 0 Å². The molecule has 172 valence electrons. The van der Waals surface area contributed by atoms with Gasteiger partial charge in [-0.15, -0.1) is 0 Å². The Labute approximate surface area is 191 Å². The van der Waals surface area contributed by atoms with E-state index in [0.717, 1.165) is 26.2 Å². The van der Waals surface area contributed by atoms with Gasteiger partial charge in [0, 0.05) is 24.2 Å². The van der Waals surface area contributed by atoms with Crippen LogP contribution in [0.4, 0.5) is 17.6 Å². The molecule has 0 radical (unpaired) electrons. The van der Waals surface area contributed by atoms with E-state index in [1.165, 1.54) is 28.9 Å². The van der Waals surface area contributed by atoms with Crippen LogP contribution in [0.1, 0.15) is 43.4 Å². The molecule has 9 heteroatoms. The van der Waals surface area contributed by atoms with Crippen LogP contribution in [0, 0.1) is 11.6 Å². The van der Waals surface area contributed by atoms with Gasteiger partial charge < -0.3 is 0 Å². The number of aromatic amines is 1. The molecule has 3 aromatic heterocycles. The standard InChI is InChI=1S/C25H19F4N5/c1-25(28,29)24-23(15-6-8-19-17(22(15)27)10-31-33-19)34-12-20(30-11-21(34)32-24)14-5-7-18(26)16(9-14)13-3-2-4-13/h5-13H,2-4H2,1H3,(H,31,33). The van der Waals surface area contributed by atoms with E-state index in [1.807, 2.05) is 0 Å². The van der Waals surface area contributed by atoms with Crippen LogP contribution in [0.5, 0.6) is 0 Å². The van der Waals surface area contributed by atoms with Crippen LogP contribution in [-0.4, -0.2) is 24.6 Å². The van der Waals surface area contributed by atoms with E-state index in [9.17, 15) is 13.2 Å². The van der Waals surface area contributed by atoms with Crippen molar-refractivity contribution in [2.45, 2.75) is 38.0 Å². The lowest BCUT2D eigenvalue weighted by Gasteiger charge is -2.26. The summed E-state index contributed by atoms with van der Waals surface area (Å²) in [5, 5.41) is 6.70. The second-order valence-corrected chi connectivity index (χ2v) is 8.82. The summed E-state index contributed by atoms with van der Waals surface area (Å²) in [4.78, 5) is 8.47. The molecule has 0 atom stereocenters. The fourth-order valence-electron chi connectivity index (χ4n) is 4.57. The van der Waals surface area contributed by atoms with Crippen molar-refractivity contribution in [2.75, 3.05) is 0 Å². The van der Waals surface area contributed by atoms with Gasteiger partial charge in [0.25, 0.3) is 5.92 Å². The predicted octanol–water partition coefficient (Wildman–Crippen LogP) is 6.60. The lowest BCUT2D eigenvalue weighted by molar-refractivity contribution is 0.0139. The second kappa shape index (κ2) is 7.38. The van der Waals surface area contributed by atoms with Crippen LogP contribution < -0.4 is 0 Å². The molecule has 1 saturated carbocycles. The highest BCUT2D eigenvalue weighted by Gasteiger charge is 2.34. The topological polar surface area (TPSA) is 58.9 Å². The van der Waals surface area contributed by atoms with Gasteiger partial charge in [0.2, 0.25) is 0 Å². The molecule has 1 aliphatic carbocycles. The van der Waals surface area contributed by atoms with Gasteiger partial charge in [0.05, 0.1) is 34.7 Å². The summed E-state index contributed by atoms with van der Waals surface area (Å²) < 4.78 is 60.4. The van der Waals surface area contributed by atoms with Crippen LogP contribution in [0.25, 0.3) is 39.1 Å². The summed E-state index contributed by atoms with van der Waals surface area (Å²) in [6.45, 7) is 0.728. The summed E-state index contributed by atoms with van der Waals surface area (Å²) >= 11 is 0. The van der Waals surface area contributed by atoms with Gasteiger partial charge in [0.15, 0.2) is 5.65 Å². The van der Waals surface area contributed by atoms with Gasteiger partial charge in [0.1, 0.15) is 17.3 Å². The lowest BCUT2D eigenvalue weighted by Crippen LogP contribution is -2.11. The minimum atomic E-state index is -3.33. The first-order chi connectivity index (χ1) is 16.3. The molecule has 34 heavy (non-hydrogen) atoms. The summed E-state index contributed by atoms with van der Waals surface area (Å²) in [7, 11) is 0. The van der Waals surface area contributed by atoms with Crippen LogP contribution in [0.2, 0.25) is 0 Å². The zero-order valence-corrected chi connectivity index (χ0v) is 18.1. The quantitative estimate of drug-likeness (QED) is 0.304. The largest absolute Gasteiger partial charge is 0.296 e. The Balaban J connectivity index is 1.58. The Morgan fingerprint density at radius 3 is 2.65 bits per heavy atom. The second-order valence-electron chi connectivity index (χ2n) is 8.82. The van der Waals surface area contributed by atoms with Crippen molar-refractivity contribution >= 4 is 16.6 Å². The monoisotopic (exact) mass is 465 g/mol. The van der Waals surface area contributed by atoms with Crippen molar-refractivity contribution < 1.29 is 17.6 Å². The highest BCUT2D eigenvalue weighted by atomic mass is 19.3. The smallest absolute Gasteiger partial charge is 0.289 e. The number of alkyl halides is 2. The van der Waals surface area contributed by atoms with E-state index in [-0.39, 0.29) is 34.0 Å². The molecule has 1 fully saturated rings. The number of hydrogen-bond acceptors (Lipinski definition) is 3. The molecule has 6 rings (SSSR count). The first kappa shape index (κ1) is 20.8. The van der Waals surface area contributed by atoms with Crippen LogP contribution in [0.3, 0.4) is 0 Å². The van der Waals surface area contributed by atoms with Gasteiger partial charge in [-0.1, -0.05) is 6.42 Å². The highest BCUT2D eigenvalue weighted by molar-refractivity contribution is 5.85. The van der Waals surface area contributed by atoms with Crippen molar-refractivity contribution in [3.8, 4) is 22.5 Å². The van der Waals surface area contributed by atoms with E-state index in [0.29, 0.717) is 22.3 Å². The zero-order valence-electron chi connectivity index (χ0n) is 18.1. The van der Waals surface area contributed by atoms with Crippen LogP contribution in [0.15, 0.2) is 48.9 Å². The van der Waals surface area contributed by atoms with Gasteiger partial charge in [-0.05, 0) is 54.7 Å². The Kier molecular flexibility index (Phi) is 4.52. The number of aromatic nitrogens is 5. The molecule has 5 aromatic rings. The fraction of sp³-hybridized carbons (Fsp3) is 0.240. The molecule has 0 saturated heterocycles. The Morgan fingerprint density at radius 1 is 1.09 bits per heavy atom. The van der Waals surface area contributed by atoms with E-state index < -0.39 is 17.4 Å². The van der Waals surface area contributed by atoms with Gasteiger partial charge in [-0.2, -0.15) is 13.9 Å². The molecule has 0 aliphatic heterocycles. The van der Waals surface area contributed by atoms with Gasteiger partial charge in [-0.3, -0.25) is 14.5 Å². The summed E-state index contributed by atoms with van der Waals surface area (Å²) in [5.74, 6) is -4.09. The maximum atomic E-state index is 15.4. The van der Waals surface area contributed by atoms with E-state index in [4.69, 9.17) is 0 Å². The number of hydrogen-bond donors (Lipinski definition) is 1. The number of benzene rings is 2. The summed E-state index contributed by atoms with van der Waals surface area (Å²) in [6.07, 6.45) is 7.16. The molecular formula is C25H19F4N5. The molecule has 5 nitrogen and oxygen atoms in total. The highest BCUT2D eigenvalue weighted by Crippen LogP contribution is 2.40. The normalized spacial score (nSPS) is 14.7. The third-order valence-electron chi connectivity index (χ3n) is 6.57. The first-order valence-electron chi connectivity index (χ1n) is 11.0. The average Bonchev–Trinajstić information content (AvgIpc) is 3.39. The third-order valence-corrected chi connectivity index (χ3v) is 6.57. The molecule has 0 bridgehead atoms. The van der Waals surface area contributed by atoms with Crippen LogP contribution >= 0.6 is 0 Å². The van der Waals surface area contributed by atoms with E-state index in [1.54, 1.807) is 24.4 Å². The van der Waals surface area contributed by atoms with E-state index in [2.05, 4.69) is 20.2 Å². The predicted molar refractivity (Wildman–Crippen MR) is 120 cm³/mol. The van der Waals surface area contributed by atoms with Gasteiger partial charge >= 0.3 is 0 Å². The maximum Gasteiger partial charge on any atom is 0.289 e. The van der Waals surface area contributed by atoms with Crippen molar-refractivity contribution in [2.24, 2.45) is 0 Å². The number of fused-ring (bicyclic) bond motifs is 2. The number of nitrogens with zero attached hydrogens (tertiary/aromatic N) is 4. The molecule has 1 N–H and O–H groups in total. The number of imidazole rings is 1. The van der Waals surface area contributed by atoms with Crippen molar-refractivity contribution in [1.29, 1.82) is 0 Å². The Hall–Kier alpha value is -3.75. The first-order valence-corrected chi connectivity index (χ1v) is 11.0. The molecular weight excluding hydrogens is 446 g/mol. The maximum absolute atomic E-state index is 15.4. The Bertz CT molecular complexity index is 1560. The lowest BCUT2D eigenvalue weighted by atomic mass is 9.79. The third kappa shape index (κ3) is 3.18. The number of H-pyrrole nitrogens is 1. The minimum Gasteiger partial charge on any atom is -0.296 e. The number of nitrogens with one attached hydrogen (secondary N) is 1. The number of halogens is 4. The fourth-order valence-corrected chi connectivity index (χ4v) is 4.57. The molecule has 1 aliphatic rings. The average molecular weight is 465 g/mol. The zero-order chi connectivity index (χ0) is 23.6. The summed E-state index contributed by atoms with van der Waals surface area (Å²) in [6, 6.07) is 7.79. The SMILES string of the molecule is CC(F)(F)c1nc2cnc(-c3ccc(F)c(C4CCC4)c3)cn2c1-c1ccc2[nH]ncc2c1F. The van der Waals surface area contributed by atoms with Crippen LogP contribution in [-0.2, 0) is 5.92 Å². The molecule has 0 spiro atoms. The summed E-state index contributed by atoms with van der Waals surface area (Å²) in [5.41, 5.74) is 1.71. The van der Waals surface area contributed by atoms with E-state index >= 15 is 4.39 Å². The molecule has 2 aromatic carbocycles. The molecule has 0 amide bonds. The molecule has 0 unspecified atom stereocenters. The van der Waals surface area contributed by atoms with Gasteiger partial charge in [-0.25, -0.2) is 13.8 Å². The van der Waals surface area contributed by atoms with Crippen molar-refractivity contribution in [1.82, 2.24) is 24.6 Å². The Morgan fingerprint density at radius 2 is 1.91 bits per heavy atom. The van der Waals surface area contributed by atoms with Crippen molar-refractivity contribution in [3.05, 3.63) is 71.8 Å². The molecule has 3 heterocycles. The minimum absolute atomic E-state index is 0.0238. The number of rotatable bonds is 4.